The molecule has 1 atom stereocenters. The van der Waals surface area contributed by atoms with Gasteiger partial charge in [0.15, 0.2) is 0 Å². The fourth-order valence-corrected chi connectivity index (χ4v) is 1.31. The highest BCUT2D eigenvalue weighted by Gasteiger charge is 2.11. The summed E-state index contributed by atoms with van der Waals surface area (Å²) in [5, 5.41) is 6.12. The molecule has 5 nitrogen and oxygen atoms in total. The lowest BCUT2D eigenvalue weighted by Gasteiger charge is -2.20. The van der Waals surface area contributed by atoms with E-state index in [1.807, 2.05) is 36.2 Å². The summed E-state index contributed by atoms with van der Waals surface area (Å²) in [7, 11) is 3.90. The molecule has 3 N–H and O–H groups in total. The molecule has 0 aliphatic carbocycles. The van der Waals surface area contributed by atoms with Gasteiger partial charge in [-0.05, 0) is 6.92 Å². The molecule has 0 fully saturated rings. The van der Waals surface area contributed by atoms with Gasteiger partial charge in [0.1, 0.15) is 0 Å². The first-order valence-corrected chi connectivity index (χ1v) is 4.83. The molecule has 0 spiro atoms. The monoisotopic (exact) mass is 197 g/mol. The van der Waals surface area contributed by atoms with Gasteiger partial charge in [0, 0.05) is 38.9 Å². The first-order valence-electron chi connectivity index (χ1n) is 4.83. The van der Waals surface area contributed by atoms with Gasteiger partial charge in [-0.15, -0.1) is 0 Å². The zero-order valence-electron chi connectivity index (χ0n) is 9.07. The van der Waals surface area contributed by atoms with E-state index < -0.39 is 0 Å². The van der Waals surface area contributed by atoms with Crippen LogP contribution < -0.4 is 11.2 Å². The predicted octanol–water partition coefficient (Wildman–Crippen LogP) is -0.0310. The van der Waals surface area contributed by atoms with Gasteiger partial charge in [-0.2, -0.15) is 5.10 Å². The Morgan fingerprint density at radius 1 is 1.64 bits per heavy atom. The molecule has 1 aromatic heterocycles. The van der Waals surface area contributed by atoms with Crippen LogP contribution in [-0.2, 0) is 6.54 Å². The number of hydrogen-bond donors (Lipinski definition) is 2. The standard InChI is InChI=1S/C9H19N5/c1-4-14-7-8(6-11-14)9(5-10)12-13(2)3/h6-7,9,12H,4-5,10H2,1-3H3. The molecule has 0 amide bonds. The molecule has 0 aliphatic rings. The maximum atomic E-state index is 5.68. The molecule has 0 saturated carbocycles. The van der Waals surface area contributed by atoms with Gasteiger partial charge < -0.3 is 5.73 Å². The van der Waals surface area contributed by atoms with Crippen molar-refractivity contribution in [3.05, 3.63) is 18.0 Å². The number of aryl methyl sites for hydroxylation is 1. The molecule has 0 bridgehead atoms. The summed E-state index contributed by atoms with van der Waals surface area (Å²) in [6.07, 6.45) is 3.88. The fraction of sp³-hybridized carbons (Fsp3) is 0.667. The molecule has 14 heavy (non-hydrogen) atoms. The zero-order chi connectivity index (χ0) is 10.6. The number of aromatic nitrogens is 2. The second-order valence-electron chi connectivity index (χ2n) is 3.44. The fourth-order valence-electron chi connectivity index (χ4n) is 1.31. The summed E-state index contributed by atoms with van der Waals surface area (Å²) in [5.74, 6) is 0. The SMILES string of the molecule is CCn1cc(C(CN)NN(C)C)cn1. The molecule has 0 aliphatic heterocycles. The molecule has 0 aromatic carbocycles. The summed E-state index contributed by atoms with van der Waals surface area (Å²) in [4.78, 5) is 0. The Balaban J connectivity index is 2.68. The third-order valence-electron chi connectivity index (χ3n) is 2.03. The van der Waals surface area contributed by atoms with E-state index in [0.717, 1.165) is 12.1 Å². The largest absolute Gasteiger partial charge is 0.329 e. The Bertz CT molecular complexity index is 268. The van der Waals surface area contributed by atoms with Crippen molar-refractivity contribution >= 4 is 0 Å². The second-order valence-corrected chi connectivity index (χ2v) is 3.44. The maximum absolute atomic E-state index is 5.68. The van der Waals surface area contributed by atoms with E-state index in [1.54, 1.807) is 0 Å². The van der Waals surface area contributed by atoms with E-state index in [-0.39, 0.29) is 6.04 Å². The predicted molar refractivity (Wildman–Crippen MR) is 56.5 cm³/mol. The number of nitrogens with two attached hydrogens (primary N) is 1. The third kappa shape index (κ3) is 2.80. The van der Waals surface area contributed by atoms with Crippen molar-refractivity contribution in [2.24, 2.45) is 5.73 Å². The molecular weight excluding hydrogens is 178 g/mol. The molecule has 1 heterocycles. The topological polar surface area (TPSA) is 59.1 Å². The van der Waals surface area contributed by atoms with Crippen LogP contribution in [0.2, 0.25) is 0 Å². The van der Waals surface area contributed by atoms with Crippen LogP contribution in [0.5, 0.6) is 0 Å². The quantitative estimate of drug-likeness (QED) is 0.651. The lowest BCUT2D eigenvalue weighted by Crippen LogP contribution is -2.37. The molecule has 1 rings (SSSR count). The van der Waals surface area contributed by atoms with Crippen LogP contribution in [0, 0.1) is 0 Å². The van der Waals surface area contributed by atoms with E-state index in [1.165, 1.54) is 0 Å². The van der Waals surface area contributed by atoms with Crippen molar-refractivity contribution in [3.63, 3.8) is 0 Å². The van der Waals surface area contributed by atoms with E-state index in [9.17, 15) is 0 Å². The van der Waals surface area contributed by atoms with Gasteiger partial charge in [0.05, 0.1) is 12.2 Å². The molecule has 0 radical (unpaired) electrons. The van der Waals surface area contributed by atoms with Crippen LogP contribution in [-0.4, -0.2) is 35.4 Å². The normalized spacial score (nSPS) is 13.5. The smallest absolute Gasteiger partial charge is 0.0617 e. The Kier molecular flexibility index (Phi) is 4.06. The van der Waals surface area contributed by atoms with Crippen LogP contribution in [0.3, 0.4) is 0 Å². The van der Waals surface area contributed by atoms with Crippen molar-refractivity contribution < 1.29 is 0 Å². The van der Waals surface area contributed by atoms with Crippen LogP contribution in [0.1, 0.15) is 18.5 Å². The summed E-state index contributed by atoms with van der Waals surface area (Å²) in [6, 6.07) is 0.144. The Morgan fingerprint density at radius 3 is 2.79 bits per heavy atom. The molecular formula is C9H19N5. The Hall–Kier alpha value is -0.910. The summed E-state index contributed by atoms with van der Waals surface area (Å²) in [6.45, 7) is 3.51. The van der Waals surface area contributed by atoms with Gasteiger partial charge in [-0.25, -0.2) is 10.4 Å². The third-order valence-corrected chi connectivity index (χ3v) is 2.03. The highest BCUT2D eigenvalue weighted by atomic mass is 15.5. The maximum Gasteiger partial charge on any atom is 0.0617 e. The van der Waals surface area contributed by atoms with E-state index in [0.29, 0.717) is 6.54 Å². The molecule has 1 unspecified atom stereocenters. The van der Waals surface area contributed by atoms with Crippen LogP contribution in [0.4, 0.5) is 0 Å². The molecule has 5 heteroatoms. The van der Waals surface area contributed by atoms with Gasteiger partial charge in [0.2, 0.25) is 0 Å². The first kappa shape index (κ1) is 11.2. The van der Waals surface area contributed by atoms with E-state index in [4.69, 9.17) is 5.73 Å². The van der Waals surface area contributed by atoms with Gasteiger partial charge in [0.25, 0.3) is 0 Å². The minimum absolute atomic E-state index is 0.144. The number of nitrogens with one attached hydrogen (secondary N) is 1. The van der Waals surface area contributed by atoms with Crippen LogP contribution in [0.25, 0.3) is 0 Å². The lowest BCUT2D eigenvalue weighted by molar-refractivity contribution is 0.245. The Morgan fingerprint density at radius 2 is 2.36 bits per heavy atom. The summed E-state index contributed by atoms with van der Waals surface area (Å²) < 4.78 is 1.90. The summed E-state index contributed by atoms with van der Waals surface area (Å²) >= 11 is 0. The van der Waals surface area contributed by atoms with Crippen molar-refractivity contribution in [2.75, 3.05) is 20.6 Å². The van der Waals surface area contributed by atoms with Gasteiger partial charge >= 0.3 is 0 Å². The van der Waals surface area contributed by atoms with Gasteiger partial charge in [-0.3, -0.25) is 4.68 Å². The Labute approximate surface area is 84.8 Å². The van der Waals surface area contributed by atoms with E-state index in [2.05, 4.69) is 17.4 Å². The van der Waals surface area contributed by atoms with E-state index >= 15 is 0 Å². The lowest BCUT2D eigenvalue weighted by atomic mass is 10.2. The van der Waals surface area contributed by atoms with Crippen LogP contribution in [0.15, 0.2) is 12.4 Å². The minimum Gasteiger partial charge on any atom is -0.329 e. The first-order chi connectivity index (χ1) is 6.67. The highest BCUT2D eigenvalue weighted by molar-refractivity contribution is 5.10. The minimum atomic E-state index is 0.144. The van der Waals surface area contributed by atoms with Crippen molar-refractivity contribution in [1.82, 2.24) is 20.2 Å². The molecule has 1 aromatic rings. The van der Waals surface area contributed by atoms with Crippen LogP contribution >= 0.6 is 0 Å². The molecule has 80 valence electrons. The number of rotatable bonds is 5. The van der Waals surface area contributed by atoms with Crippen molar-refractivity contribution in [2.45, 2.75) is 19.5 Å². The van der Waals surface area contributed by atoms with Gasteiger partial charge in [-0.1, -0.05) is 0 Å². The summed E-state index contributed by atoms with van der Waals surface area (Å²) in [5.41, 5.74) is 10.0. The van der Waals surface area contributed by atoms with Crippen molar-refractivity contribution in [3.8, 4) is 0 Å². The average Bonchev–Trinajstić information content (AvgIpc) is 2.62. The highest BCUT2D eigenvalue weighted by Crippen LogP contribution is 2.10. The number of hydrogen-bond acceptors (Lipinski definition) is 4. The second kappa shape index (κ2) is 5.09. The van der Waals surface area contributed by atoms with Crippen molar-refractivity contribution in [1.29, 1.82) is 0 Å². The number of hydrazine groups is 1. The number of nitrogens with zero attached hydrogens (tertiary/aromatic N) is 3. The zero-order valence-corrected chi connectivity index (χ0v) is 9.07. The average molecular weight is 197 g/mol. The molecule has 0 saturated heterocycles.